The van der Waals surface area contributed by atoms with Crippen molar-refractivity contribution in [1.29, 1.82) is 0 Å². The van der Waals surface area contributed by atoms with Crippen LogP contribution in [0.2, 0.25) is 0 Å². The topological polar surface area (TPSA) is 54.6 Å². The van der Waals surface area contributed by atoms with Crippen LogP contribution in [-0.2, 0) is 4.79 Å². The van der Waals surface area contributed by atoms with E-state index in [2.05, 4.69) is 16.4 Å². The van der Waals surface area contributed by atoms with E-state index in [4.69, 9.17) is 4.42 Å². The van der Waals surface area contributed by atoms with Crippen molar-refractivity contribution in [3.8, 4) is 0 Å². The van der Waals surface area contributed by atoms with Crippen LogP contribution in [0, 0.1) is 5.92 Å². The van der Waals surface area contributed by atoms with Crippen LogP contribution in [0.5, 0.6) is 0 Å². The summed E-state index contributed by atoms with van der Waals surface area (Å²) in [6.45, 7) is 0. The van der Waals surface area contributed by atoms with Crippen LogP contribution in [-0.4, -0.2) is 12.0 Å². The molecule has 2 atom stereocenters. The standard InChI is InChI=1S/C17H14N2O2/c20-16-9-11(17-6-3-7-21-17)8-15-12(16)10-18-13-4-1-2-5-14(13)19-15/h1-8,10-12,19H,9H2/t11-,12+/m0/s1. The maximum absolute atomic E-state index is 12.4. The van der Waals surface area contributed by atoms with E-state index in [0.29, 0.717) is 6.42 Å². The minimum Gasteiger partial charge on any atom is -0.469 e. The van der Waals surface area contributed by atoms with Crippen LogP contribution in [0.3, 0.4) is 0 Å². The first-order valence-electron chi connectivity index (χ1n) is 6.99. The van der Waals surface area contributed by atoms with Crippen molar-refractivity contribution in [3.05, 3.63) is 60.2 Å². The first kappa shape index (κ1) is 12.1. The van der Waals surface area contributed by atoms with Crippen LogP contribution in [0.1, 0.15) is 18.1 Å². The van der Waals surface area contributed by atoms with Gasteiger partial charge in [0.25, 0.3) is 0 Å². The third-order valence-corrected chi connectivity index (χ3v) is 3.94. The lowest BCUT2D eigenvalue weighted by atomic mass is 9.84. The number of rotatable bonds is 1. The van der Waals surface area contributed by atoms with E-state index in [0.717, 1.165) is 22.8 Å². The first-order chi connectivity index (χ1) is 10.3. The predicted octanol–water partition coefficient (Wildman–Crippen LogP) is 3.66. The minimum atomic E-state index is -0.288. The van der Waals surface area contributed by atoms with E-state index < -0.39 is 0 Å². The van der Waals surface area contributed by atoms with Crippen LogP contribution in [0.4, 0.5) is 11.4 Å². The second-order valence-corrected chi connectivity index (χ2v) is 5.31. The highest BCUT2D eigenvalue weighted by molar-refractivity contribution is 6.02. The molecule has 1 aliphatic heterocycles. The number of carbonyl (C=O) groups excluding carboxylic acids is 1. The van der Waals surface area contributed by atoms with Crippen molar-refractivity contribution in [2.45, 2.75) is 12.3 Å². The molecule has 0 saturated heterocycles. The normalized spacial score (nSPS) is 23.6. The second kappa shape index (κ2) is 4.74. The third-order valence-electron chi connectivity index (χ3n) is 3.94. The Morgan fingerprint density at radius 3 is 2.95 bits per heavy atom. The maximum Gasteiger partial charge on any atom is 0.148 e. The smallest absolute Gasteiger partial charge is 0.148 e. The summed E-state index contributed by atoms with van der Waals surface area (Å²) < 4.78 is 5.44. The van der Waals surface area contributed by atoms with Crippen LogP contribution >= 0.6 is 0 Å². The Hall–Kier alpha value is -2.62. The Labute approximate surface area is 122 Å². The summed E-state index contributed by atoms with van der Waals surface area (Å²) in [6, 6.07) is 11.6. The number of benzene rings is 1. The Bertz CT molecular complexity index is 744. The van der Waals surface area contributed by atoms with Crippen molar-refractivity contribution in [1.82, 2.24) is 0 Å². The molecule has 1 aromatic heterocycles. The summed E-state index contributed by atoms with van der Waals surface area (Å²) in [6.07, 6.45) is 5.91. The van der Waals surface area contributed by atoms with Gasteiger partial charge in [0.05, 0.1) is 23.6 Å². The fraction of sp³-hybridized carbons (Fsp3) is 0.176. The number of fused-ring (bicyclic) bond motifs is 2. The van der Waals surface area contributed by atoms with E-state index >= 15 is 0 Å². The number of aliphatic imine (C=N–C) groups is 1. The summed E-state index contributed by atoms with van der Waals surface area (Å²) >= 11 is 0. The average molecular weight is 278 g/mol. The van der Waals surface area contributed by atoms with Gasteiger partial charge in [0.2, 0.25) is 0 Å². The predicted molar refractivity (Wildman–Crippen MR) is 80.9 cm³/mol. The summed E-state index contributed by atoms with van der Waals surface area (Å²) in [7, 11) is 0. The van der Waals surface area contributed by atoms with Gasteiger partial charge in [-0.05, 0) is 24.3 Å². The molecule has 1 aliphatic carbocycles. The Morgan fingerprint density at radius 2 is 2.10 bits per heavy atom. The van der Waals surface area contributed by atoms with Crippen LogP contribution in [0.25, 0.3) is 0 Å². The number of furan rings is 1. The first-order valence-corrected chi connectivity index (χ1v) is 6.99. The van der Waals surface area contributed by atoms with Crippen LogP contribution < -0.4 is 5.32 Å². The average Bonchev–Trinajstić information content (AvgIpc) is 2.95. The minimum absolute atomic E-state index is 0.00934. The van der Waals surface area contributed by atoms with Gasteiger partial charge in [-0.3, -0.25) is 9.79 Å². The van der Waals surface area contributed by atoms with E-state index in [1.807, 2.05) is 36.4 Å². The van der Waals surface area contributed by atoms with Gasteiger partial charge >= 0.3 is 0 Å². The molecular weight excluding hydrogens is 264 g/mol. The van der Waals surface area contributed by atoms with Crippen molar-refractivity contribution in [2.75, 3.05) is 5.32 Å². The molecule has 0 fully saturated rings. The number of para-hydroxylation sites is 2. The molecule has 21 heavy (non-hydrogen) atoms. The van der Waals surface area contributed by atoms with Gasteiger partial charge in [0.15, 0.2) is 0 Å². The molecule has 2 aliphatic rings. The number of hydrogen-bond acceptors (Lipinski definition) is 4. The third kappa shape index (κ3) is 2.09. The number of ketones is 1. The van der Waals surface area contributed by atoms with Gasteiger partial charge in [0, 0.05) is 24.3 Å². The number of Topliss-reactive ketones (excluding diaryl/α,β-unsaturated/α-hetero) is 1. The fourth-order valence-corrected chi connectivity index (χ4v) is 2.87. The zero-order valence-electron chi connectivity index (χ0n) is 11.3. The SMILES string of the molecule is O=C1C[C@@H](c2ccco2)C=C2Nc3ccccc3N=C[C@@H]12. The summed E-state index contributed by atoms with van der Waals surface area (Å²) in [4.78, 5) is 16.9. The Balaban J connectivity index is 1.76. The van der Waals surface area contributed by atoms with Gasteiger partial charge in [-0.2, -0.15) is 0 Å². The van der Waals surface area contributed by atoms with E-state index in [-0.39, 0.29) is 17.6 Å². The van der Waals surface area contributed by atoms with E-state index in [1.165, 1.54) is 0 Å². The molecule has 0 saturated carbocycles. The summed E-state index contributed by atoms with van der Waals surface area (Å²) in [5, 5.41) is 3.36. The molecule has 104 valence electrons. The molecule has 2 heterocycles. The molecule has 0 amide bonds. The van der Waals surface area contributed by atoms with Gasteiger partial charge < -0.3 is 9.73 Å². The zero-order valence-corrected chi connectivity index (χ0v) is 11.3. The molecular formula is C17H14N2O2. The number of hydrogen-bond donors (Lipinski definition) is 1. The van der Waals surface area contributed by atoms with E-state index in [1.54, 1.807) is 12.5 Å². The molecule has 4 heteroatoms. The van der Waals surface area contributed by atoms with Crippen molar-refractivity contribution in [2.24, 2.45) is 10.9 Å². The molecule has 0 radical (unpaired) electrons. The Kier molecular flexibility index (Phi) is 2.74. The number of nitrogens with one attached hydrogen (secondary N) is 1. The zero-order chi connectivity index (χ0) is 14.2. The molecule has 4 rings (SSSR count). The molecule has 0 unspecified atom stereocenters. The highest BCUT2D eigenvalue weighted by Crippen LogP contribution is 2.36. The number of allylic oxidation sites excluding steroid dienone is 2. The summed E-state index contributed by atoms with van der Waals surface area (Å²) in [5.74, 6) is 0.692. The van der Waals surface area contributed by atoms with E-state index in [9.17, 15) is 4.79 Å². The van der Waals surface area contributed by atoms with Crippen molar-refractivity contribution < 1.29 is 9.21 Å². The van der Waals surface area contributed by atoms with Gasteiger partial charge in [-0.15, -0.1) is 0 Å². The number of nitrogens with zero attached hydrogens (tertiary/aromatic N) is 1. The lowest BCUT2D eigenvalue weighted by molar-refractivity contribution is -0.120. The fourth-order valence-electron chi connectivity index (χ4n) is 2.87. The highest BCUT2D eigenvalue weighted by Gasteiger charge is 2.32. The molecule has 4 nitrogen and oxygen atoms in total. The largest absolute Gasteiger partial charge is 0.469 e. The lowest BCUT2D eigenvalue weighted by Gasteiger charge is -2.24. The molecule has 1 aromatic carbocycles. The Morgan fingerprint density at radius 1 is 1.19 bits per heavy atom. The van der Waals surface area contributed by atoms with Crippen LogP contribution in [0.15, 0.2) is 63.8 Å². The molecule has 1 N–H and O–H groups in total. The monoisotopic (exact) mass is 278 g/mol. The van der Waals surface area contributed by atoms with Gasteiger partial charge in [0.1, 0.15) is 11.5 Å². The second-order valence-electron chi connectivity index (χ2n) is 5.31. The van der Waals surface area contributed by atoms with Crippen molar-refractivity contribution >= 4 is 23.4 Å². The molecule has 2 aromatic rings. The van der Waals surface area contributed by atoms with Gasteiger partial charge in [-0.1, -0.05) is 18.2 Å². The quantitative estimate of drug-likeness (QED) is 0.866. The molecule has 0 spiro atoms. The number of anilines is 1. The highest BCUT2D eigenvalue weighted by atomic mass is 16.3. The number of carbonyl (C=O) groups is 1. The lowest BCUT2D eigenvalue weighted by Crippen LogP contribution is -2.27. The van der Waals surface area contributed by atoms with Gasteiger partial charge in [-0.25, -0.2) is 0 Å². The maximum atomic E-state index is 12.4. The van der Waals surface area contributed by atoms with Crippen molar-refractivity contribution in [3.63, 3.8) is 0 Å². The molecule has 0 bridgehead atoms. The summed E-state index contributed by atoms with van der Waals surface area (Å²) in [5.41, 5.74) is 2.67.